The Hall–Kier alpha value is -1.00. The predicted molar refractivity (Wildman–Crippen MR) is 72.8 cm³/mol. The van der Waals surface area contributed by atoms with E-state index in [0.717, 1.165) is 12.8 Å². The zero-order valence-corrected chi connectivity index (χ0v) is 11.7. The number of halogens is 1. The maximum absolute atomic E-state index is 12.4. The molecule has 2 N–H and O–H groups in total. The lowest BCUT2D eigenvalue weighted by molar-refractivity contribution is 0.0488. The summed E-state index contributed by atoms with van der Waals surface area (Å²) in [6.07, 6.45) is 4.97. The van der Waals surface area contributed by atoms with Crippen molar-refractivity contribution in [1.82, 2.24) is 4.90 Å². The van der Waals surface area contributed by atoms with Crippen molar-refractivity contribution in [3.8, 4) is 0 Å². The van der Waals surface area contributed by atoms with E-state index < -0.39 is 0 Å². The number of furan rings is 1. The highest BCUT2D eigenvalue weighted by Gasteiger charge is 2.31. The van der Waals surface area contributed by atoms with Gasteiger partial charge in [-0.05, 0) is 39.2 Å². The Morgan fingerprint density at radius 3 is 2.61 bits per heavy atom. The maximum atomic E-state index is 12.4. The molecule has 1 aliphatic carbocycles. The number of hydrogen-bond donors (Lipinski definition) is 1. The average molecular weight is 273 g/mol. The average Bonchev–Trinajstić information content (AvgIpc) is 2.70. The van der Waals surface area contributed by atoms with E-state index in [1.807, 2.05) is 4.90 Å². The molecular weight excluding hydrogens is 252 g/mol. The molecule has 5 heteroatoms. The Labute approximate surface area is 114 Å². The summed E-state index contributed by atoms with van der Waals surface area (Å²) in [5, 5.41) is 0. The largest absolute Gasteiger partial charge is 0.467 e. The molecule has 18 heavy (non-hydrogen) atoms. The van der Waals surface area contributed by atoms with Gasteiger partial charge in [-0.1, -0.05) is 0 Å². The van der Waals surface area contributed by atoms with Crippen molar-refractivity contribution < 1.29 is 9.21 Å². The van der Waals surface area contributed by atoms with Crippen LogP contribution in [0.15, 0.2) is 16.7 Å². The molecule has 1 aromatic rings. The Balaban J connectivity index is 0.00000162. The van der Waals surface area contributed by atoms with E-state index in [1.54, 1.807) is 6.07 Å². The normalized spacial score (nSPS) is 15.1. The highest BCUT2D eigenvalue weighted by atomic mass is 35.5. The van der Waals surface area contributed by atoms with Gasteiger partial charge < -0.3 is 15.1 Å². The zero-order valence-electron chi connectivity index (χ0n) is 10.9. The number of nitrogens with two attached hydrogens (primary N) is 1. The second-order valence-electron chi connectivity index (χ2n) is 4.90. The van der Waals surface area contributed by atoms with E-state index in [-0.39, 0.29) is 24.4 Å². The quantitative estimate of drug-likeness (QED) is 0.916. The van der Waals surface area contributed by atoms with Crippen LogP contribution in [-0.4, -0.2) is 22.9 Å². The summed E-state index contributed by atoms with van der Waals surface area (Å²) in [6, 6.07) is 2.37. The molecule has 0 radical (unpaired) electrons. The molecule has 1 aromatic heterocycles. The lowest BCUT2D eigenvalue weighted by Gasteiger charge is -2.40. The fraction of sp³-hybridized carbons (Fsp3) is 0.615. The number of carbonyl (C=O) groups is 1. The second kappa shape index (κ2) is 6.25. The Morgan fingerprint density at radius 2 is 2.22 bits per heavy atom. The maximum Gasteiger partial charge on any atom is 0.257 e. The molecule has 1 saturated carbocycles. The van der Waals surface area contributed by atoms with E-state index in [4.69, 9.17) is 10.2 Å². The first-order valence-electron chi connectivity index (χ1n) is 6.23. The second-order valence-corrected chi connectivity index (χ2v) is 4.90. The van der Waals surface area contributed by atoms with Gasteiger partial charge in [-0.3, -0.25) is 4.79 Å². The third-order valence-corrected chi connectivity index (χ3v) is 3.36. The van der Waals surface area contributed by atoms with E-state index in [1.165, 1.54) is 12.7 Å². The molecule has 1 aliphatic rings. The molecular formula is C13H21ClN2O2. The van der Waals surface area contributed by atoms with E-state index >= 15 is 0 Å². The molecule has 0 aromatic carbocycles. The van der Waals surface area contributed by atoms with Crippen molar-refractivity contribution >= 4 is 18.3 Å². The predicted octanol–water partition coefficient (Wildman–Crippen LogP) is 2.56. The lowest BCUT2D eigenvalue weighted by Crippen LogP contribution is -2.48. The first-order valence-corrected chi connectivity index (χ1v) is 6.23. The van der Waals surface area contributed by atoms with E-state index in [0.29, 0.717) is 23.9 Å². The summed E-state index contributed by atoms with van der Waals surface area (Å²) < 4.78 is 5.22. The highest BCUT2D eigenvalue weighted by molar-refractivity contribution is 5.94. The lowest BCUT2D eigenvalue weighted by atomic mass is 9.90. The summed E-state index contributed by atoms with van der Waals surface area (Å²) >= 11 is 0. The van der Waals surface area contributed by atoms with Gasteiger partial charge in [0.05, 0.1) is 12.1 Å². The number of amides is 1. The van der Waals surface area contributed by atoms with Crippen molar-refractivity contribution in [2.75, 3.05) is 0 Å². The van der Waals surface area contributed by atoms with Crippen LogP contribution in [-0.2, 0) is 6.54 Å². The smallest absolute Gasteiger partial charge is 0.257 e. The molecule has 1 fully saturated rings. The highest BCUT2D eigenvalue weighted by Crippen LogP contribution is 2.28. The van der Waals surface area contributed by atoms with Crippen LogP contribution >= 0.6 is 12.4 Å². The Morgan fingerprint density at radius 1 is 1.56 bits per heavy atom. The zero-order chi connectivity index (χ0) is 12.4. The number of hydrogen-bond acceptors (Lipinski definition) is 3. The van der Waals surface area contributed by atoms with Crippen molar-refractivity contribution in [2.24, 2.45) is 5.73 Å². The van der Waals surface area contributed by atoms with Crippen LogP contribution in [0.3, 0.4) is 0 Å². The Kier molecular flexibility index (Phi) is 5.23. The van der Waals surface area contributed by atoms with Crippen LogP contribution in [0.1, 0.15) is 49.2 Å². The number of nitrogens with zero attached hydrogens (tertiary/aromatic N) is 1. The summed E-state index contributed by atoms with van der Waals surface area (Å²) in [6.45, 7) is 4.44. The molecule has 0 bridgehead atoms. The summed E-state index contributed by atoms with van der Waals surface area (Å²) in [5.41, 5.74) is 6.09. The third kappa shape index (κ3) is 2.87. The number of rotatable bonds is 4. The molecule has 0 spiro atoms. The van der Waals surface area contributed by atoms with Gasteiger partial charge in [0.15, 0.2) is 0 Å². The van der Waals surface area contributed by atoms with Crippen molar-refractivity contribution in [2.45, 2.75) is 51.7 Å². The van der Waals surface area contributed by atoms with Crippen LogP contribution in [0.5, 0.6) is 0 Å². The molecule has 4 nitrogen and oxygen atoms in total. The topological polar surface area (TPSA) is 59.5 Å². The summed E-state index contributed by atoms with van der Waals surface area (Å²) in [5.74, 6) is 0.721. The fourth-order valence-electron chi connectivity index (χ4n) is 2.24. The molecule has 0 aliphatic heterocycles. The van der Waals surface area contributed by atoms with Crippen LogP contribution in [0.4, 0.5) is 0 Å². The summed E-state index contributed by atoms with van der Waals surface area (Å²) in [7, 11) is 0. The first kappa shape index (κ1) is 15.1. The van der Waals surface area contributed by atoms with Crippen LogP contribution < -0.4 is 5.73 Å². The van der Waals surface area contributed by atoms with E-state index in [9.17, 15) is 4.79 Å². The minimum Gasteiger partial charge on any atom is -0.467 e. The monoisotopic (exact) mass is 272 g/mol. The first-order chi connectivity index (χ1) is 8.13. The SMILES string of the molecule is CC(C)N(C(=O)c1coc(CN)c1)C1CCC1.Cl. The Bertz CT molecular complexity index is 399. The van der Waals surface area contributed by atoms with Gasteiger partial charge in [-0.15, -0.1) is 12.4 Å². The van der Waals surface area contributed by atoms with Gasteiger partial charge in [-0.2, -0.15) is 0 Å². The van der Waals surface area contributed by atoms with Gasteiger partial charge in [0, 0.05) is 12.1 Å². The van der Waals surface area contributed by atoms with Gasteiger partial charge in [0.25, 0.3) is 5.91 Å². The van der Waals surface area contributed by atoms with Crippen molar-refractivity contribution in [1.29, 1.82) is 0 Å². The molecule has 0 saturated heterocycles. The standard InChI is InChI=1S/C13H20N2O2.ClH/c1-9(2)15(11-4-3-5-11)13(16)10-6-12(7-14)17-8-10;/h6,8-9,11H,3-5,7,14H2,1-2H3;1H. The minimum absolute atomic E-state index is 0. The summed E-state index contributed by atoms with van der Waals surface area (Å²) in [4.78, 5) is 14.3. The van der Waals surface area contributed by atoms with Crippen molar-refractivity contribution in [3.63, 3.8) is 0 Å². The van der Waals surface area contributed by atoms with E-state index in [2.05, 4.69) is 13.8 Å². The molecule has 102 valence electrons. The molecule has 1 amide bonds. The minimum atomic E-state index is 0. The van der Waals surface area contributed by atoms with Gasteiger partial charge in [0.1, 0.15) is 12.0 Å². The third-order valence-electron chi connectivity index (χ3n) is 3.36. The van der Waals surface area contributed by atoms with Crippen LogP contribution in [0.25, 0.3) is 0 Å². The molecule has 2 rings (SSSR count). The van der Waals surface area contributed by atoms with Crippen LogP contribution in [0.2, 0.25) is 0 Å². The van der Waals surface area contributed by atoms with Gasteiger partial charge in [-0.25, -0.2) is 0 Å². The van der Waals surface area contributed by atoms with Crippen LogP contribution in [0, 0.1) is 0 Å². The molecule has 1 heterocycles. The van der Waals surface area contributed by atoms with Crippen molar-refractivity contribution in [3.05, 3.63) is 23.7 Å². The van der Waals surface area contributed by atoms with Gasteiger partial charge >= 0.3 is 0 Å². The molecule has 0 unspecified atom stereocenters. The van der Waals surface area contributed by atoms with Gasteiger partial charge in [0.2, 0.25) is 0 Å². The fourth-order valence-corrected chi connectivity index (χ4v) is 2.24. The molecule has 0 atom stereocenters. The number of carbonyl (C=O) groups excluding carboxylic acids is 1.